The number of aliphatic hydroxyl groups is 1. The summed E-state index contributed by atoms with van der Waals surface area (Å²) in [4.78, 5) is 6.04. The lowest BCUT2D eigenvalue weighted by Gasteiger charge is -2.48. The Balaban J connectivity index is 2.05. The van der Waals surface area contributed by atoms with Gasteiger partial charge >= 0.3 is 0 Å². The van der Waals surface area contributed by atoms with Crippen LogP contribution in [0.5, 0.6) is 0 Å². The van der Waals surface area contributed by atoms with Crippen LogP contribution in [-0.2, 0) is 11.8 Å². The van der Waals surface area contributed by atoms with Crippen LogP contribution in [-0.4, -0.2) is 16.2 Å². The van der Waals surface area contributed by atoms with Gasteiger partial charge in [0.25, 0.3) is 0 Å². The predicted molar refractivity (Wildman–Crippen MR) is 99.3 cm³/mol. The molecule has 0 bridgehead atoms. The molecular weight excluding hydrogens is 314 g/mol. The van der Waals surface area contributed by atoms with Gasteiger partial charge in [0.15, 0.2) is 0 Å². The highest BCUT2D eigenvalue weighted by atomic mass is 32.1. The van der Waals surface area contributed by atoms with Crippen molar-refractivity contribution in [3.8, 4) is 0 Å². The van der Waals surface area contributed by atoms with Crippen LogP contribution in [0.4, 0.5) is 0 Å². The van der Waals surface area contributed by atoms with Crippen LogP contribution >= 0.6 is 11.3 Å². The SMILES string of the molecule is CCC1(c2ccccc2)C2=C(Cc3ncsc31)C(C)CC(C)C2O. The van der Waals surface area contributed by atoms with E-state index in [1.807, 2.05) is 5.51 Å². The zero-order valence-electron chi connectivity index (χ0n) is 14.6. The van der Waals surface area contributed by atoms with Crippen LogP contribution in [0.25, 0.3) is 0 Å². The molecule has 2 aliphatic carbocycles. The molecule has 0 spiro atoms. The summed E-state index contributed by atoms with van der Waals surface area (Å²) in [7, 11) is 0. The third-order valence-corrected chi connectivity index (χ3v) is 7.17. The van der Waals surface area contributed by atoms with Crippen LogP contribution in [0.2, 0.25) is 0 Å². The van der Waals surface area contributed by atoms with E-state index in [2.05, 4.69) is 51.1 Å². The van der Waals surface area contributed by atoms with Crippen molar-refractivity contribution in [2.24, 2.45) is 11.8 Å². The number of hydrogen-bond donors (Lipinski definition) is 1. The summed E-state index contributed by atoms with van der Waals surface area (Å²) in [5.74, 6) is 0.825. The Morgan fingerprint density at radius 3 is 2.71 bits per heavy atom. The minimum atomic E-state index is -0.355. The molecule has 0 saturated heterocycles. The lowest BCUT2D eigenvalue weighted by Crippen LogP contribution is -2.45. The highest BCUT2D eigenvalue weighted by molar-refractivity contribution is 7.10. The second kappa shape index (κ2) is 5.82. The van der Waals surface area contributed by atoms with Crippen molar-refractivity contribution < 1.29 is 5.11 Å². The molecule has 0 aliphatic heterocycles. The average Bonchev–Trinajstić information content (AvgIpc) is 3.07. The number of fused-ring (bicyclic) bond motifs is 1. The Morgan fingerprint density at radius 1 is 1.25 bits per heavy atom. The van der Waals surface area contributed by atoms with Crippen molar-refractivity contribution >= 4 is 11.3 Å². The van der Waals surface area contributed by atoms with E-state index >= 15 is 0 Å². The summed E-state index contributed by atoms with van der Waals surface area (Å²) in [6.07, 6.45) is 2.58. The standard InChI is InChI=1S/C21H25NOS/c1-4-21(15-8-6-5-7-9-15)18-16(11-17-20(21)24-12-22-17)13(2)10-14(3)19(18)23/h5-9,12-14,19,23H,4,10-11H2,1-3H3. The van der Waals surface area contributed by atoms with Crippen molar-refractivity contribution in [1.29, 1.82) is 0 Å². The average molecular weight is 340 g/mol. The quantitative estimate of drug-likeness (QED) is 0.803. The zero-order valence-corrected chi connectivity index (χ0v) is 15.4. The van der Waals surface area contributed by atoms with E-state index in [1.54, 1.807) is 11.3 Å². The fourth-order valence-electron chi connectivity index (χ4n) is 4.97. The number of aliphatic hydroxyl groups excluding tert-OH is 1. The lowest BCUT2D eigenvalue weighted by atomic mass is 9.58. The van der Waals surface area contributed by atoms with E-state index in [0.717, 1.165) is 19.3 Å². The summed E-state index contributed by atoms with van der Waals surface area (Å²) in [5, 5.41) is 11.2. The third-order valence-electron chi connectivity index (χ3n) is 6.14. The Morgan fingerprint density at radius 2 is 2.00 bits per heavy atom. The normalized spacial score (nSPS) is 32.4. The summed E-state index contributed by atoms with van der Waals surface area (Å²) in [5.41, 5.74) is 7.00. The number of allylic oxidation sites excluding steroid dienone is 1. The van der Waals surface area contributed by atoms with Crippen molar-refractivity contribution in [3.63, 3.8) is 0 Å². The Hall–Kier alpha value is -1.45. The predicted octanol–water partition coefficient (Wildman–Crippen LogP) is 4.73. The molecule has 4 atom stereocenters. The smallest absolute Gasteiger partial charge is 0.0798 e. The summed E-state index contributed by atoms with van der Waals surface area (Å²) in [6, 6.07) is 10.7. The molecule has 2 nitrogen and oxygen atoms in total. The van der Waals surface area contributed by atoms with Crippen molar-refractivity contribution in [2.45, 2.75) is 51.6 Å². The Labute approximate surface area is 148 Å². The molecule has 0 radical (unpaired) electrons. The Bertz CT molecular complexity index is 778. The molecule has 2 aromatic rings. The maximum atomic E-state index is 11.2. The van der Waals surface area contributed by atoms with Gasteiger partial charge in [-0.1, -0.05) is 56.7 Å². The molecule has 2 aliphatic rings. The van der Waals surface area contributed by atoms with E-state index in [9.17, 15) is 5.11 Å². The van der Waals surface area contributed by atoms with Gasteiger partial charge < -0.3 is 5.11 Å². The van der Waals surface area contributed by atoms with Crippen LogP contribution in [0.1, 0.15) is 49.7 Å². The lowest BCUT2D eigenvalue weighted by molar-refractivity contribution is 0.109. The highest BCUT2D eigenvalue weighted by Gasteiger charge is 2.49. The largest absolute Gasteiger partial charge is 0.388 e. The zero-order chi connectivity index (χ0) is 16.9. The summed E-state index contributed by atoms with van der Waals surface area (Å²) >= 11 is 1.76. The molecule has 24 heavy (non-hydrogen) atoms. The van der Waals surface area contributed by atoms with Gasteiger partial charge in [-0.15, -0.1) is 11.3 Å². The number of hydrogen-bond acceptors (Lipinski definition) is 3. The molecule has 1 aromatic carbocycles. The fraction of sp³-hybridized carbons (Fsp3) is 0.476. The van der Waals surface area contributed by atoms with Crippen molar-refractivity contribution in [2.75, 3.05) is 0 Å². The number of benzene rings is 1. The number of aromatic nitrogens is 1. The molecule has 1 aromatic heterocycles. The van der Waals surface area contributed by atoms with Crippen molar-refractivity contribution in [3.05, 3.63) is 63.1 Å². The first-order valence-corrected chi connectivity index (χ1v) is 9.87. The number of thiazole rings is 1. The highest BCUT2D eigenvalue weighted by Crippen LogP contribution is 2.55. The maximum Gasteiger partial charge on any atom is 0.0798 e. The van der Waals surface area contributed by atoms with E-state index < -0.39 is 0 Å². The molecule has 1 N–H and O–H groups in total. The van der Waals surface area contributed by atoms with E-state index in [4.69, 9.17) is 4.98 Å². The summed E-state index contributed by atoms with van der Waals surface area (Å²) in [6.45, 7) is 6.77. The molecule has 4 rings (SSSR count). The van der Waals surface area contributed by atoms with E-state index in [-0.39, 0.29) is 11.5 Å². The van der Waals surface area contributed by atoms with Gasteiger partial charge in [0, 0.05) is 11.3 Å². The minimum Gasteiger partial charge on any atom is -0.388 e. The topological polar surface area (TPSA) is 33.1 Å². The van der Waals surface area contributed by atoms with Gasteiger partial charge in [0.05, 0.1) is 22.7 Å². The first-order chi connectivity index (χ1) is 11.6. The molecule has 4 unspecified atom stereocenters. The third kappa shape index (κ3) is 2.07. The molecule has 0 fully saturated rings. The molecular formula is C21H25NOS. The van der Waals surface area contributed by atoms with Crippen molar-refractivity contribution in [1.82, 2.24) is 4.98 Å². The van der Waals surface area contributed by atoms with Gasteiger partial charge in [0.1, 0.15) is 0 Å². The number of rotatable bonds is 2. The van der Waals surface area contributed by atoms with Gasteiger partial charge in [-0.3, -0.25) is 0 Å². The first kappa shape index (κ1) is 16.0. The molecule has 3 heteroatoms. The van der Waals surface area contributed by atoms with E-state index in [0.29, 0.717) is 11.8 Å². The molecule has 0 saturated carbocycles. The van der Waals surface area contributed by atoms with E-state index in [1.165, 1.54) is 27.3 Å². The second-order valence-corrected chi connectivity index (χ2v) is 8.28. The Kier molecular flexibility index (Phi) is 3.89. The molecule has 126 valence electrons. The first-order valence-electron chi connectivity index (χ1n) is 8.99. The summed E-state index contributed by atoms with van der Waals surface area (Å²) < 4.78 is 0. The van der Waals surface area contributed by atoms with Crippen LogP contribution < -0.4 is 0 Å². The number of nitrogens with zero attached hydrogens (tertiary/aromatic N) is 1. The van der Waals surface area contributed by atoms with Crippen LogP contribution in [0.15, 0.2) is 47.0 Å². The van der Waals surface area contributed by atoms with Gasteiger partial charge in [0.2, 0.25) is 0 Å². The monoisotopic (exact) mass is 339 g/mol. The van der Waals surface area contributed by atoms with Crippen LogP contribution in [0.3, 0.4) is 0 Å². The van der Waals surface area contributed by atoms with Gasteiger partial charge in [-0.05, 0) is 35.8 Å². The van der Waals surface area contributed by atoms with Gasteiger partial charge in [-0.2, -0.15) is 0 Å². The minimum absolute atomic E-state index is 0.215. The molecule has 1 heterocycles. The van der Waals surface area contributed by atoms with Crippen LogP contribution in [0, 0.1) is 11.8 Å². The maximum absolute atomic E-state index is 11.2. The van der Waals surface area contributed by atoms with Gasteiger partial charge in [-0.25, -0.2) is 4.98 Å². The second-order valence-electron chi connectivity index (χ2n) is 7.43. The molecule has 0 amide bonds. The fourth-order valence-corrected chi connectivity index (χ4v) is 6.09.